The normalized spacial score (nSPS) is 20.9. The lowest BCUT2D eigenvalue weighted by Gasteiger charge is -2.42. The molecule has 46 heavy (non-hydrogen) atoms. The van der Waals surface area contributed by atoms with E-state index in [0.29, 0.717) is 5.25 Å². The molecule has 0 N–H and O–H groups in total. The molecule has 0 saturated heterocycles. The van der Waals surface area contributed by atoms with Crippen LogP contribution in [0.3, 0.4) is 0 Å². The molecule has 0 radical (unpaired) electrons. The van der Waals surface area contributed by atoms with Crippen molar-refractivity contribution in [1.29, 1.82) is 0 Å². The molecule has 6 aromatic carbocycles. The standard InChI is InChI=1S/C42H27N3S/c1-2-12-24(13-3-1)39-29-16-6-8-21-32(29)43-42(44-39)45-33-22-11-19-28-26-15-5-4-14-25(26)27-18-10-20-31-35(27)38(36(28)33)40(45)37-30-17-7-9-23-34(30)46-41(31)37/h1-23,37-38,40-41H. The third kappa shape index (κ3) is 3.19. The van der Waals surface area contributed by atoms with E-state index in [1.165, 1.54) is 55.1 Å². The summed E-state index contributed by atoms with van der Waals surface area (Å²) in [5.41, 5.74) is 15.5. The lowest BCUT2D eigenvalue weighted by Crippen LogP contribution is -2.41. The molecule has 4 aliphatic rings. The maximum atomic E-state index is 5.49. The summed E-state index contributed by atoms with van der Waals surface area (Å²) >= 11 is 2.04. The van der Waals surface area contributed by atoms with E-state index in [-0.39, 0.29) is 17.9 Å². The second kappa shape index (κ2) is 9.18. The van der Waals surface area contributed by atoms with E-state index in [0.717, 1.165) is 28.1 Å². The molecule has 2 aliphatic heterocycles. The molecule has 7 aromatic rings. The topological polar surface area (TPSA) is 29.0 Å². The molecule has 4 heteroatoms. The van der Waals surface area contributed by atoms with E-state index in [4.69, 9.17) is 9.97 Å². The van der Waals surface area contributed by atoms with Crippen LogP contribution in [0.15, 0.2) is 144 Å². The van der Waals surface area contributed by atoms with E-state index in [9.17, 15) is 0 Å². The SMILES string of the molecule is c1ccc(-c2nc(N3c4cccc5c4C4c6c(cccc6C6Sc7ccccc7C6C43)-c3ccccc3-5)nc3ccccc23)cc1. The van der Waals surface area contributed by atoms with Crippen molar-refractivity contribution >= 4 is 34.3 Å². The van der Waals surface area contributed by atoms with E-state index in [2.05, 4.69) is 144 Å². The van der Waals surface area contributed by atoms with E-state index in [1.54, 1.807) is 0 Å². The van der Waals surface area contributed by atoms with Crippen LogP contribution < -0.4 is 4.90 Å². The van der Waals surface area contributed by atoms with Gasteiger partial charge < -0.3 is 4.90 Å². The molecule has 11 rings (SSSR count). The minimum Gasteiger partial charge on any atom is -0.305 e. The number of aromatic nitrogens is 2. The van der Waals surface area contributed by atoms with Crippen molar-refractivity contribution < 1.29 is 0 Å². The van der Waals surface area contributed by atoms with Crippen LogP contribution in [0.4, 0.5) is 11.6 Å². The summed E-state index contributed by atoms with van der Waals surface area (Å²) in [6.07, 6.45) is 0. The summed E-state index contributed by atoms with van der Waals surface area (Å²) in [6.45, 7) is 0. The highest BCUT2D eigenvalue weighted by atomic mass is 32.2. The molecule has 0 amide bonds. The first-order valence-corrected chi connectivity index (χ1v) is 17.0. The van der Waals surface area contributed by atoms with Crippen molar-refractivity contribution in [3.05, 3.63) is 162 Å². The molecule has 0 fully saturated rings. The predicted molar refractivity (Wildman–Crippen MR) is 188 cm³/mol. The van der Waals surface area contributed by atoms with Gasteiger partial charge in [0.1, 0.15) is 0 Å². The maximum absolute atomic E-state index is 5.49. The Labute approximate surface area is 271 Å². The van der Waals surface area contributed by atoms with Crippen molar-refractivity contribution in [1.82, 2.24) is 9.97 Å². The summed E-state index contributed by atoms with van der Waals surface area (Å²) in [5.74, 6) is 1.25. The van der Waals surface area contributed by atoms with Crippen LogP contribution in [0.5, 0.6) is 0 Å². The van der Waals surface area contributed by atoms with Crippen molar-refractivity contribution in [2.45, 2.75) is 28.0 Å². The molecule has 3 nitrogen and oxygen atoms in total. The quantitative estimate of drug-likeness (QED) is 0.196. The number of anilines is 2. The number of para-hydroxylation sites is 1. The second-order valence-electron chi connectivity index (χ2n) is 12.8. The van der Waals surface area contributed by atoms with Crippen LogP contribution in [0.2, 0.25) is 0 Å². The third-order valence-corrected chi connectivity index (χ3v) is 12.1. The Morgan fingerprint density at radius 3 is 2.09 bits per heavy atom. The Bertz CT molecular complexity index is 2400. The number of rotatable bonds is 2. The van der Waals surface area contributed by atoms with Gasteiger partial charge >= 0.3 is 0 Å². The van der Waals surface area contributed by atoms with Crippen LogP contribution in [0, 0.1) is 0 Å². The molecule has 216 valence electrons. The number of benzene rings is 6. The third-order valence-electron chi connectivity index (χ3n) is 10.6. The van der Waals surface area contributed by atoms with Gasteiger partial charge in [0, 0.05) is 38.6 Å². The molecular formula is C42H27N3S. The van der Waals surface area contributed by atoms with Crippen LogP contribution >= 0.6 is 11.8 Å². The van der Waals surface area contributed by atoms with Crippen LogP contribution in [0.25, 0.3) is 44.4 Å². The molecule has 4 unspecified atom stereocenters. The van der Waals surface area contributed by atoms with Gasteiger partial charge in [0.15, 0.2) is 0 Å². The van der Waals surface area contributed by atoms with Crippen molar-refractivity contribution in [3.8, 4) is 33.5 Å². The molecule has 0 bridgehead atoms. The first-order valence-electron chi connectivity index (χ1n) is 16.1. The summed E-state index contributed by atoms with van der Waals surface area (Å²) < 4.78 is 0. The summed E-state index contributed by atoms with van der Waals surface area (Å²) in [4.78, 5) is 14.8. The molecule has 0 saturated carbocycles. The number of hydrogen-bond donors (Lipinski definition) is 0. The number of fused-ring (bicyclic) bond motifs is 9. The van der Waals surface area contributed by atoms with E-state index >= 15 is 0 Å². The van der Waals surface area contributed by atoms with E-state index < -0.39 is 0 Å². The Morgan fingerprint density at radius 1 is 0.543 bits per heavy atom. The molecule has 4 atom stereocenters. The van der Waals surface area contributed by atoms with Gasteiger partial charge in [-0.1, -0.05) is 121 Å². The van der Waals surface area contributed by atoms with Crippen LogP contribution in [-0.4, -0.2) is 16.0 Å². The Balaban J connectivity index is 1.27. The average molecular weight is 606 g/mol. The van der Waals surface area contributed by atoms with Gasteiger partial charge in [-0.2, -0.15) is 0 Å². The Kier molecular flexibility index (Phi) is 5.00. The predicted octanol–water partition coefficient (Wildman–Crippen LogP) is 10.5. The Hall–Kier alpha value is -5.19. The molecule has 0 spiro atoms. The van der Waals surface area contributed by atoms with Gasteiger partial charge in [-0.15, -0.1) is 11.8 Å². The zero-order chi connectivity index (χ0) is 29.9. The number of nitrogens with zero attached hydrogens (tertiary/aromatic N) is 3. The first-order chi connectivity index (χ1) is 22.8. The molecular weight excluding hydrogens is 579 g/mol. The van der Waals surface area contributed by atoms with Gasteiger partial charge in [-0.3, -0.25) is 0 Å². The average Bonchev–Trinajstić information content (AvgIpc) is 3.64. The lowest BCUT2D eigenvalue weighted by molar-refractivity contribution is 0.464. The van der Waals surface area contributed by atoms with Gasteiger partial charge in [-0.05, 0) is 62.7 Å². The summed E-state index contributed by atoms with van der Waals surface area (Å²) in [6, 6.07) is 51.2. The largest absolute Gasteiger partial charge is 0.305 e. The minimum atomic E-state index is 0.130. The Morgan fingerprint density at radius 2 is 1.22 bits per heavy atom. The molecule has 1 aromatic heterocycles. The zero-order valence-corrected chi connectivity index (χ0v) is 25.7. The number of hydrogen-bond acceptors (Lipinski definition) is 4. The zero-order valence-electron chi connectivity index (χ0n) is 24.8. The highest BCUT2D eigenvalue weighted by Gasteiger charge is 2.57. The van der Waals surface area contributed by atoms with Crippen LogP contribution in [-0.2, 0) is 0 Å². The first kappa shape index (κ1) is 25.1. The fourth-order valence-electron chi connectivity index (χ4n) is 8.94. The highest BCUT2D eigenvalue weighted by molar-refractivity contribution is 8.00. The minimum absolute atomic E-state index is 0.130. The van der Waals surface area contributed by atoms with Crippen molar-refractivity contribution in [2.75, 3.05) is 4.90 Å². The maximum Gasteiger partial charge on any atom is 0.231 e. The fourth-order valence-corrected chi connectivity index (χ4v) is 10.5. The highest BCUT2D eigenvalue weighted by Crippen LogP contribution is 2.69. The van der Waals surface area contributed by atoms with Gasteiger partial charge in [0.25, 0.3) is 0 Å². The second-order valence-corrected chi connectivity index (χ2v) is 14.0. The smallest absolute Gasteiger partial charge is 0.231 e. The fraction of sp³-hybridized carbons (Fsp3) is 0.0952. The van der Waals surface area contributed by atoms with Gasteiger partial charge in [-0.25, -0.2) is 9.97 Å². The van der Waals surface area contributed by atoms with Crippen molar-refractivity contribution in [2.24, 2.45) is 0 Å². The van der Waals surface area contributed by atoms with Gasteiger partial charge in [0.05, 0.1) is 17.3 Å². The number of thioether (sulfide) groups is 1. The molecule has 3 heterocycles. The monoisotopic (exact) mass is 605 g/mol. The van der Waals surface area contributed by atoms with Crippen LogP contribution in [0.1, 0.15) is 39.3 Å². The lowest BCUT2D eigenvalue weighted by atomic mass is 9.68. The van der Waals surface area contributed by atoms with E-state index in [1.807, 2.05) is 11.8 Å². The van der Waals surface area contributed by atoms with Gasteiger partial charge in [0.2, 0.25) is 5.95 Å². The summed E-state index contributed by atoms with van der Waals surface area (Å²) in [5, 5.41) is 1.39. The van der Waals surface area contributed by atoms with Crippen molar-refractivity contribution in [3.63, 3.8) is 0 Å². The summed E-state index contributed by atoms with van der Waals surface area (Å²) in [7, 11) is 0. The molecule has 2 aliphatic carbocycles.